The standard InChI is InChI=1S/C22H40N2O7S/c1-6-8-13-9-10-24(22(29)30-7-2)14(11-13)20(28)23-15(12(3)4)19-17(26)16(25)18(27)21(31-19)32-5/h12-19,21,25-27H,6-11H2,1-5H3,(H,23,28)/t13-,14+,15-,16+,17-,18-,19-,21-/m1/s1. The number of nitrogens with zero attached hydrogens (tertiary/aromatic N) is 1. The molecular weight excluding hydrogens is 436 g/mol. The van der Waals surface area contributed by atoms with E-state index in [1.54, 1.807) is 13.2 Å². The molecule has 0 aromatic carbocycles. The number of aliphatic hydroxyl groups is 3. The summed E-state index contributed by atoms with van der Waals surface area (Å²) in [5, 5.41) is 34.1. The van der Waals surface area contributed by atoms with Crippen molar-refractivity contribution in [2.24, 2.45) is 11.8 Å². The van der Waals surface area contributed by atoms with Crippen LogP contribution < -0.4 is 5.32 Å². The van der Waals surface area contributed by atoms with Crippen molar-refractivity contribution in [1.29, 1.82) is 0 Å². The van der Waals surface area contributed by atoms with Crippen LogP contribution in [0.25, 0.3) is 0 Å². The van der Waals surface area contributed by atoms with Crippen LogP contribution in [0.5, 0.6) is 0 Å². The Morgan fingerprint density at radius 1 is 1.19 bits per heavy atom. The van der Waals surface area contributed by atoms with Crippen LogP contribution in [0, 0.1) is 11.8 Å². The number of carbonyl (C=O) groups excluding carboxylic acids is 2. The van der Waals surface area contributed by atoms with Gasteiger partial charge in [0, 0.05) is 6.54 Å². The Bertz CT molecular complexity index is 621. The molecule has 9 nitrogen and oxygen atoms in total. The van der Waals surface area contributed by atoms with E-state index in [1.165, 1.54) is 16.7 Å². The minimum absolute atomic E-state index is 0.130. The molecule has 0 saturated carbocycles. The maximum atomic E-state index is 13.4. The lowest BCUT2D eigenvalue weighted by Crippen LogP contribution is -2.65. The van der Waals surface area contributed by atoms with E-state index in [1.807, 2.05) is 13.8 Å². The summed E-state index contributed by atoms with van der Waals surface area (Å²) in [6.07, 6.45) is -0.271. The predicted molar refractivity (Wildman–Crippen MR) is 122 cm³/mol. The number of piperidine rings is 1. The first-order chi connectivity index (χ1) is 15.2. The molecule has 0 unspecified atom stereocenters. The number of amides is 2. The molecule has 0 bridgehead atoms. The van der Waals surface area contributed by atoms with Gasteiger partial charge in [-0.15, -0.1) is 11.8 Å². The van der Waals surface area contributed by atoms with Gasteiger partial charge >= 0.3 is 6.09 Å². The van der Waals surface area contributed by atoms with Crippen molar-refractivity contribution in [2.45, 2.75) is 95.3 Å². The third kappa shape index (κ3) is 6.28. The molecule has 4 N–H and O–H groups in total. The number of carbonyl (C=O) groups is 2. The molecule has 2 rings (SSSR count). The predicted octanol–water partition coefficient (Wildman–Crippen LogP) is 1.34. The summed E-state index contributed by atoms with van der Waals surface area (Å²) >= 11 is 1.23. The lowest BCUT2D eigenvalue weighted by molar-refractivity contribution is -0.208. The van der Waals surface area contributed by atoms with Gasteiger partial charge in [0.25, 0.3) is 0 Å². The SMILES string of the molecule is CCC[C@@H]1CCN(C(=O)OCC)[C@H](C(=O)N[C@H](C(C)C)[C@H]2O[C@H](SC)[C@H](O)[C@@H](O)[C@H]2O)C1. The molecule has 10 heteroatoms. The molecule has 0 radical (unpaired) electrons. The van der Waals surface area contributed by atoms with Crippen LogP contribution >= 0.6 is 11.8 Å². The van der Waals surface area contributed by atoms with Gasteiger partial charge in [0.2, 0.25) is 5.91 Å². The summed E-state index contributed by atoms with van der Waals surface area (Å²) in [6, 6.07) is -1.29. The molecule has 2 aliphatic rings. The summed E-state index contributed by atoms with van der Waals surface area (Å²) in [5.41, 5.74) is -0.726. The highest BCUT2D eigenvalue weighted by atomic mass is 32.2. The average molecular weight is 477 g/mol. The monoisotopic (exact) mass is 476 g/mol. The van der Waals surface area contributed by atoms with E-state index in [9.17, 15) is 24.9 Å². The molecule has 186 valence electrons. The maximum Gasteiger partial charge on any atom is 0.410 e. The van der Waals surface area contributed by atoms with Crippen molar-refractivity contribution in [2.75, 3.05) is 19.4 Å². The Labute approximate surface area is 195 Å². The quantitative estimate of drug-likeness (QED) is 0.413. The Morgan fingerprint density at radius 3 is 2.44 bits per heavy atom. The molecule has 0 aromatic heterocycles. The van der Waals surface area contributed by atoms with Gasteiger partial charge in [0.15, 0.2) is 0 Å². The largest absolute Gasteiger partial charge is 0.450 e. The van der Waals surface area contributed by atoms with E-state index >= 15 is 0 Å². The van der Waals surface area contributed by atoms with Gasteiger partial charge in [-0.05, 0) is 37.9 Å². The lowest BCUT2D eigenvalue weighted by Gasteiger charge is -2.45. The van der Waals surface area contributed by atoms with Crippen LogP contribution in [-0.4, -0.2) is 93.6 Å². The highest BCUT2D eigenvalue weighted by Crippen LogP contribution is 2.31. The zero-order valence-corrected chi connectivity index (χ0v) is 20.6. The van der Waals surface area contributed by atoms with E-state index in [2.05, 4.69) is 12.2 Å². The topological polar surface area (TPSA) is 129 Å². The molecular formula is C22H40N2O7S. The number of rotatable bonds is 8. The fraction of sp³-hybridized carbons (Fsp3) is 0.909. The number of nitrogens with one attached hydrogen (secondary N) is 1. The summed E-state index contributed by atoms with van der Waals surface area (Å²) in [5.74, 6) is -0.113. The molecule has 2 saturated heterocycles. The zero-order valence-electron chi connectivity index (χ0n) is 19.8. The Kier molecular flexibility index (Phi) is 10.5. The van der Waals surface area contributed by atoms with E-state index in [-0.39, 0.29) is 18.4 Å². The fourth-order valence-electron chi connectivity index (χ4n) is 4.64. The zero-order chi connectivity index (χ0) is 24.0. The van der Waals surface area contributed by atoms with Crippen LogP contribution in [0.4, 0.5) is 4.79 Å². The first-order valence-corrected chi connectivity index (χ1v) is 12.9. The normalized spacial score (nSPS) is 34.3. The summed E-state index contributed by atoms with van der Waals surface area (Å²) in [7, 11) is 0. The van der Waals surface area contributed by atoms with Crippen molar-refractivity contribution in [3.8, 4) is 0 Å². The van der Waals surface area contributed by atoms with E-state index in [4.69, 9.17) is 9.47 Å². The number of hydrogen-bond donors (Lipinski definition) is 4. The number of aliphatic hydroxyl groups excluding tert-OH is 3. The minimum Gasteiger partial charge on any atom is -0.450 e. The summed E-state index contributed by atoms with van der Waals surface area (Å²) in [4.78, 5) is 27.4. The van der Waals surface area contributed by atoms with E-state index in [0.717, 1.165) is 19.3 Å². The van der Waals surface area contributed by atoms with Crippen molar-refractivity contribution in [3.63, 3.8) is 0 Å². The highest BCUT2D eigenvalue weighted by Gasteiger charge is 2.48. The van der Waals surface area contributed by atoms with Crippen molar-refractivity contribution >= 4 is 23.8 Å². The molecule has 0 aliphatic carbocycles. The second-order valence-corrected chi connectivity index (χ2v) is 9.98. The third-order valence-corrected chi connectivity index (χ3v) is 7.29. The van der Waals surface area contributed by atoms with Crippen molar-refractivity contribution in [3.05, 3.63) is 0 Å². The highest BCUT2D eigenvalue weighted by molar-refractivity contribution is 7.99. The second-order valence-electron chi connectivity index (χ2n) is 9.04. The molecule has 2 amide bonds. The maximum absolute atomic E-state index is 13.4. The van der Waals surface area contributed by atoms with Gasteiger partial charge in [-0.25, -0.2) is 4.79 Å². The minimum atomic E-state index is -1.39. The van der Waals surface area contributed by atoms with Gasteiger partial charge < -0.3 is 30.1 Å². The fourth-order valence-corrected chi connectivity index (χ4v) is 5.32. The smallest absolute Gasteiger partial charge is 0.410 e. The molecule has 0 aromatic rings. The summed E-state index contributed by atoms with van der Waals surface area (Å²) < 4.78 is 11.1. The van der Waals surface area contributed by atoms with Crippen molar-refractivity contribution in [1.82, 2.24) is 10.2 Å². The Morgan fingerprint density at radius 2 is 1.88 bits per heavy atom. The summed E-state index contributed by atoms with van der Waals surface area (Å²) in [6.45, 7) is 8.29. The van der Waals surface area contributed by atoms with Gasteiger partial charge in [-0.2, -0.15) is 0 Å². The van der Waals surface area contributed by atoms with Gasteiger partial charge in [-0.1, -0.05) is 33.6 Å². The Balaban J connectivity index is 2.22. The first kappa shape index (κ1) is 27.2. The second kappa shape index (κ2) is 12.4. The van der Waals surface area contributed by atoms with Gasteiger partial charge in [0.05, 0.1) is 12.6 Å². The Hall–Kier alpha value is -1.07. The van der Waals surface area contributed by atoms with Crippen LogP contribution in [0.3, 0.4) is 0 Å². The number of ether oxygens (including phenoxy) is 2. The average Bonchev–Trinajstić information content (AvgIpc) is 2.76. The third-order valence-electron chi connectivity index (χ3n) is 6.43. The first-order valence-electron chi connectivity index (χ1n) is 11.6. The van der Waals surface area contributed by atoms with E-state index < -0.39 is 48.0 Å². The van der Waals surface area contributed by atoms with Crippen molar-refractivity contribution < 1.29 is 34.4 Å². The number of likely N-dealkylation sites (tertiary alicyclic amines) is 1. The van der Waals surface area contributed by atoms with E-state index in [0.29, 0.717) is 18.9 Å². The van der Waals surface area contributed by atoms with Gasteiger partial charge in [0.1, 0.15) is 35.9 Å². The number of hydrogen-bond acceptors (Lipinski definition) is 8. The molecule has 2 heterocycles. The van der Waals surface area contributed by atoms with Crippen LogP contribution in [-0.2, 0) is 14.3 Å². The number of thioether (sulfide) groups is 1. The van der Waals surface area contributed by atoms with Crippen LogP contribution in [0.2, 0.25) is 0 Å². The lowest BCUT2D eigenvalue weighted by atomic mass is 9.86. The van der Waals surface area contributed by atoms with Gasteiger partial charge in [-0.3, -0.25) is 9.69 Å². The van der Waals surface area contributed by atoms with Crippen LogP contribution in [0.1, 0.15) is 53.4 Å². The van der Waals surface area contributed by atoms with Crippen LogP contribution in [0.15, 0.2) is 0 Å². The molecule has 8 atom stereocenters. The molecule has 32 heavy (non-hydrogen) atoms. The molecule has 0 spiro atoms. The molecule has 2 fully saturated rings. The molecule has 2 aliphatic heterocycles.